The minimum atomic E-state index is -0.210. The molecule has 0 atom stereocenters. The summed E-state index contributed by atoms with van der Waals surface area (Å²) in [6.07, 6.45) is 5.17. The molecule has 0 saturated carbocycles. The third-order valence-corrected chi connectivity index (χ3v) is 5.43. The van der Waals surface area contributed by atoms with Gasteiger partial charge in [0.1, 0.15) is 15.8 Å². The molecule has 1 amide bonds. The van der Waals surface area contributed by atoms with Crippen molar-refractivity contribution in [2.45, 2.75) is 19.8 Å². The lowest BCUT2D eigenvalue weighted by atomic mass is 10.2. The zero-order valence-corrected chi connectivity index (χ0v) is 16.6. The third-order valence-electron chi connectivity index (χ3n) is 4.06. The SMILES string of the molecule is CCCCN1C(=O)/C(=C/c2c(N(C)C)nc3ccccn3c2=O)SC1=S. The number of carbonyl (C=O) groups excluding carboxylic acids is 1. The van der Waals surface area contributed by atoms with E-state index in [4.69, 9.17) is 12.2 Å². The molecule has 3 rings (SSSR count). The van der Waals surface area contributed by atoms with Crippen LogP contribution in [-0.2, 0) is 4.79 Å². The van der Waals surface area contributed by atoms with Crippen LogP contribution < -0.4 is 10.5 Å². The lowest BCUT2D eigenvalue weighted by Crippen LogP contribution is -2.29. The Hall–Kier alpha value is -2.19. The summed E-state index contributed by atoms with van der Waals surface area (Å²) in [6, 6.07) is 5.39. The number of carbonyl (C=O) groups is 1. The van der Waals surface area contributed by atoms with E-state index in [-0.39, 0.29) is 11.5 Å². The number of nitrogens with zero attached hydrogens (tertiary/aromatic N) is 4. The molecule has 0 bridgehead atoms. The maximum atomic E-state index is 13.0. The van der Waals surface area contributed by atoms with Gasteiger partial charge in [0.25, 0.3) is 11.5 Å². The fourth-order valence-corrected chi connectivity index (χ4v) is 3.99. The van der Waals surface area contributed by atoms with Crippen molar-refractivity contribution < 1.29 is 4.79 Å². The largest absolute Gasteiger partial charge is 0.362 e. The fourth-order valence-electron chi connectivity index (χ4n) is 2.70. The monoisotopic (exact) mass is 388 g/mol. The molecule has 136 valence electrons. The maximum absolute atomic E-state index is 13.0. The minimum Gasteiger partial charge on any atom is -0.362 e. The highest BCUT2D eigenvalue weighted by Gasteiger charge is 2.32. The zero-order valence-electron chi connectivity index (χ0n) is 14.9. The van der Waals surface area contributed by atoms with E-state index in [2.05, 4.69) is 11.9 Å². The number of thiocarbonyl (C=S) groups is 1. The van der Waals surface area contributed by atoms with E-state index in [0.29, 0.717) is 32.8 Å². The van der Waals surface area contributed by atoms with Crippen LogP contribution in [0.15, 0.2) is 34.1 Å². The summed E-state index contributed by atoms with van der Waals surface area (Å²) in [5.41, 5.74) is 0.738. The Kier molecular flexibility index (Phi) is 5.43. The lowest BCUT2D eigenvalue weighted by Gasteiger charge is -2.15. The smallest absolute Gasteiger partial charge is 0.267 e. The first-order chi connectivity index (χ1) is 12.4. The van der Waals surface area contributed by atoms with Crippen LogP contribution >= 0.6 is 24.0 Å². The van der Waals surface area contributed by atoms with Crippen LogP contribution in [0, 0.1) is 0 Å². The van der Waals surface area contributed by atoms with E-state index in [9.17, 15) is 9.59 Å². The summed E-state index contributed by atoms with van der Waals surface area (Å²) in [5.74, 6) is 0.385. The van der Waals surface area contributed by atoms with E-state index < -0.39 is 0 Å². The number of anilines is 1. The molecule has 0 aromatic carbocycles. The first kappa shape index (κ1) is 18.6. The van der Waals surface area contributed by atoms with Crippen molar-refractivity contribution in [3.63, 3.8) is 0 Å². The Morgan fingerprint density at radius 1 is 1.31 bits per heavy atom. The first-order valence-electron chi connectivity index (χ1n) is 8.38. The quantitative estimate of drug-likeness (QED) is 0.580. The molecule has 0 spiro atoms. The van der Waals surface area contributed by atoms with Gasteiger partial charge in [-0.1, -0.05) is 43.4 Å². The molecule has 0 radical (unpaired) electrons. The Morgan fingerprint density at radius 2 is 2.08 bits per heavy atom. The van der Waals surface area contributed by atoms with Gasteiger partial charge in [0.15, 0.2) is 0 Å². The number of hydrogen-bond donors (Lipinski definition) is 0. The number of unbranched alkanes of at least 4 members (excludes halogenated alkanes) is 1. The van der Waals surface area contributed by atoms with Crippen LogP contribution in [0.4, 0.5) is 5.82 Å². The third kappa shape index (κ3) is 3.39. The van der Waals surface area contributed by atoms with Crippen molar-refractivity contribution in [2.75, 3.05) is 25.5 Å². The summed E-state index contributed by atoms with van der Waals surface area (Å²) in [7, 11) is 3.65. The van der Waals surface area contributed by atoms with E-state index in [1.807, 2.05) is 20.2 Å². The summed E-state index contributed by atoms with van der Waals surface area (Å²) >= 11 is 6.57. The van der Waals surface area contributed by atoms with Gasteiger partial charge >= 0.3 is 0 Å². The van der Waals surface area contributed by atoms with Gasteiger partial charge in [-0.25, -0.2) is 4.98 Å². The molecular weight excluding hydrogens is 368 g/mol. The molecule has 8 heteroatoms. The van der Waals surface area contributed by atoms with Crippen molar-refractivity contribution in [3.8, 4) is 0 Å². The molecule has 1 saturated heterocycles. The van der Waals surface area contributed by atoms with Crippen LogP contribution in [0.5, 0.6) is 0 Å². The second-order valence-corrected chi connectivity index (χ2v) is 7.84. The molecule has 0 aliphatic carbocycles. The standard InChI is InChI=1S/C18H20N4O2S2/c1-4-5-9-22-17(24)13(26-18(22)25)11-12-15(20(2)3)19-14-8-6-7-10-21(14)16(12)23/h6-8,10-11H,4-5,9H2,1-3H3/b13-11-. The van der Waals surface area contributed by atoms with Gasteiger partial charge in [-0.2, -0.15) is 0 Å². The van der Waals surface area contributed by atoms with E-state index in [1.54, 1.807) is 34.2 Å². The Morgan fingerprint density at radius 3 is 2.77 bits per heavy atom. The number of aromatic nitrogens is 2. The van der Waals surface area contributed by atoms with Crippen molar-refractivity contribution in [3.05, 3.63) is 45.2 Å². The number of thioether (sulfide) groups is 1. The summed E-state index contributed by atoms with van der Waals surface area (Å²) in [6.45, 7) is 2.67. The average Bonchev–Trinajstić information content (AvgIpc) is 2.88. The number of pyridine rings is 1. The predicted molar refractivity (Wildman–Crippen MR) is 111 cm³/mol. The Bertz CT molecular complexity index is 965. The summed E-state index contributed by atoms with van der Waals surface area (Å²) in [5, 5.41) is 0. The second kappa shape index (κ2) is 7.59. The van der Waals surface area contributed by atoms with Crippen LogP contribution in [0.25, 0.3) is 11.7 Å². The minimum absolute atomic E-state index is 0.143. The summed E-state index contributed by atoms with van der Waals surface area (Å²) < 4.78 is 2.02. The van der Waals surface area contributed by atoms with E-state index >= 15 is 0 Å². The fraction of sp³-hybridized carbons (Fsp3) is 0.333. The molecule has 2 aromatic rings. The highest BCUT2D eigenvalue weighted by atomic mass is 32.2. The molecule has 3 heterocycles. The molecule has 1 aliphatic heterocycles. The van der Waals surface area contributed by atoms with E-state index in [1.165, 1.54) is 16.2 Å². The first-order valence-corrected chi connectivity index (χ1v) is 9.60. The second-order valence-electron chi connectivity index (χ2n) is 6.16. The molecule has 0 unspecified atom stereocenters. The van der Waals surface area contributed by atoms with Gasteiger partial charge < -0.3 is 4.90 Å². The predicted octanol–water partition coefficient (Wildman–Crippen LogP) is 2.76. The zero-order chi connectivity index (χ0) is 18.8. The molecular formula is C18H20N4O2S2. The molecule has 0 N–H and O–H groups in total. The van der Waals surface area contributed by atoms with Gasteiger partial charge in [0.2, 0.25) is 0 Å². The summed E-state index contributed by atoms with van der Waals surface area (Å²) in [4.78, 5) is 34.1. The molecule has 1 fully saturated rings. The number of amides is 1. The van der Waals surface area contributed by atoms with Crippen LogP contribution in [0.1, 0.15) is 25.3 Å². The lowest BCUT2D eigenvalue weighted by molar-refractivity contribution is -0.122. The van der Waals surface area contributed by atoms with Crippen LogP contribution in [0.2, 0.25) is 0 Å². The Balaban J connectivity index is 2.11. The molecule has 26 heavy (non-hydrogen) atoms. The maximum Gasteiger partial charge on any atom is 0.267 e. The van der Waals surface area contributed by atoms with Crippen LogP contribution in [-0.4, -0.2) is 45.2 Å². The highest BCUT2D eigenvalue weighted by Crippen LogP contribution is 2.33. The van der Waals surface area contributed by atoms with Gasteiger partial charge in [-0.3, -0.25) is 18.9 Å². The average molecular weight is 389 g/mol. The molecule has 6 nitrogen and oxygen atoms in total. The highest BCUT2D eigenvalue weighted by molar-refractivity contribution is 8.26. The topological polar surface area (TPSA) is 57.9 Å². The molecule has 1 aliphatic rings. The van der Waals surface area contributed by atoms with E-state index in [0.717, 1.165) is 12.8 Å². The van der Waals surface area contributed by atoms with Gasteiger partial charge in [-0.05, 0) is 24.6 Å². The van der Waals surface area contributed by atoms with Gasteiger partial charge in [0, 0.05) is 26.8 Å². The Labute approximate surface area is 161 Å². The van der Waals surface area contributed by atoms with Crippen LogP contribution in [0.3, 0.4) is 0 Å². The number of hydrogen-bond acceptors (Lipinski definition) is 6. The molecule has 2 aromatic heterocycles. The van der Waals surface area contributed by atoms with Gasteiger partial charge in [0.05, 0.1) is 10.5 Å². The number of rotatable bonds is 5. The van der Waals surface area contributed by atoms with Crippen molar-refractivity contribution in [1.82, 2.24) is 14.3 Å². The van der Waals surface area contributed by atoms with Crippen molar-refractivity contribution in [1.29, 1.82) is 0 Å². The number of fused-ring (bicyclic) bond motifs is 1. The van der Waals surface area contributed by atoms with Crippen molar-refractivity contribution >= 4 is 51.7 Å². The van der Waals surface area contributed by atoms with Crippen molar-refractivity contribution in [2.24, 2.45) is 0 Å². The normalized spacial score (nSPS) is 16.1. The van der Waals surface area contributed by atoms with Gasteiger partial charge in [-0.15, -0.1) is 0 Å².